The van der Waals surface area contributed by atoms with Crippen LogP contribution < -0.4 is 0 Å². The van der Waals surface area contributed by atoms with Gasteiger partial charge >= 0.3 is 0 Å². The second-order valence-electron chi connectivity index (χ2n) is 2.71. The quantitative estimate of drug-likeness (QED) is 0.793. The number of nitrogens with one attached hydrogen (secondary N) is 1. The van der Waals surface area contributed by atoms with E-state index < -0.39 is 0 Å². The SMILES string of the molecule is CCc1nc(-c2csc(C)n2)n[nH]1. The molecule has 2 heterocycles. The highest BCUT2D eigenvalue weighted by molar-refractivity contribution is 7.09. The third kappa shape index (κ3) is 1.60. The summed E-state index contributed by atoms with van der Waals surface area (Å²) in [6.45, 7) is 4.01. The predicted molar refractivity (Wildman–Crippen MR) is 51.6 cm³/mol. The molecule has 0 aliphatic rings. The van der Waals surface area contributed by atoms with Crippen LogP contribution in [-0.2, 0) is 6.42 Å². The van der Waals surface area contributed by atoms with Crippen LogP contribution in [0.3, 0.4) is 0 Å². The summed E-state index contributed by atoms with van der Waals surface area (Å²) in [6.07, 6.45) is 0.871. The van der Waals surface area contributed by atoms with Gasteiger partial charge in [-0.2, -0.15) is 5.10 Å². The maximum Gasteiger partial charge on any atom is 0.200 e. The molecule has 1 N–H and O–H groups in total. The molecule has 2 aromatic heterocycles. The van der Waals surface area contributed by atoms with Crippen molar-refractivity contribution in [2.24, 2.45) is 0 Å². The van der Waals surface area contributed by atoms with Gasteiger partial charge in [0.25, 0.3) is 0 Å². The summed E-state index contributed by atoms with van der Waals surface area (Å²) in [4.78, 5) is 8.59. The molecule has 0 atom stereocenters. The number of thiazole rings is 1. The molecule has 5 heteroatoms. The minimum absolute atomic E-state index is 0.696. The second-order valence-corrected chi connectivity index (χ2v) is 3.77. The van der Waals surface area contributed by atoms with Gasteiger partial charge in [-0.25, -0.2) is 9.97 Å². The number of hydrogen-bond donors (Lipinski definition) is 1. The molecular weight excluding hydrogens is 184 g/mol. The Kier molecular flexibility index (Phi) is 2.10. The van der Waals surface area contributed by atoms with E-state index in [4.69, 9.17) is 0 Å². The molecule has 0 aromatic carbocycles. The topological polar surface area (TPSA) is 54.5 Å². The molecule has 0 aliphatic heterocycles. The monoisotopic (exact) mass is 194 g/mol. The Hall–Kier alpha value is -1.23. The first kappa shape index (κ1) is 8.37. The molecule has 0 saturated carbocycles. The Morgan fingerprint density at radius 2 is 2.31 bits per heavy atom. The van der Waals surface area contributed by atoms with E-state index in [2.05, 4.69) is 20.2 Å². The van der Waals surface area contributed by atoms with Crippen molar-refractivity contribution in [2.75, 3.05) is 0 Å². The largest absolute Gasteiger partial charge is 0.263 e. The molecule has 2 rings (SSSR count). The van der Waals surface area contributed by atoms with Crippen molar-refractivity contribution < 1.29 is 0 Å². The van der Waals surface area contributed by atoms with Gasteiger partial charge in [-0.15, -0.1) is 11.3 Å². The standard InChI is InChI=1S/C8H10N4S/c1-3-7-10-8(12-11-7)6-4-13-5(2)9-6/h4H,3H2,1-2H3,(H,10,11,12). The van der Waals surface area contributed by atoms with Crippen molar-refractivity contribution in [3.8, 4) is 11.5 Å². The molecule has 0 bridgehead atoms. The van der Waals surface area contributed by atoms with E-state index in [1.165, 1.54) is 0 Å². The van der Waals surface area contributed by atoms with E-state index in [-0.39, 0.29) is 0 Å². The third-order valence-electron chi connectivity index (χ3n) is 1.71. The highest BCUT2D eigenvalue weighted by atomic mass is 32.1. The molecule has 0 aliphatic carbocycles. The molecule has 4 nitrogen and oxygen atoms in total. The Morgan fingerprint density at radius 3 is 2.85 bits per heavy atom. The zero-order chi connectivity index (χ0) is 9.26. The Labute approximate surface area is 80.1 Å². The second kappa shape index (κ2) is 3.26. The summed E-state index contributed by atoms with van der Waals surface area (Å²) in [5.41, 5.74) is 0.860. The van der Waals surface area contributed by atoms with Crippen molar-refractivity contribution in [1.29, 1.82) is 0 Å². The normalized spacial score (nSPS) is 10.6. The van der Waals surface area contributed by atoms with Crippen molar-refractivity contribution in [2.45, 2.75) is 20.3 Å². The molecule has 13 heavy (non-hydrogen) atoms. The fourth-order valence-corrected chi connectivity index (χ4v) is 1.63. The molecule has 0 spiro atoms. The number of aromatic nitrogens is 4. The first-order chi connectivity index (χ1) is 6.29. The minimum Gasteiger partial charge on any atom is -0.263 e. The van der Waals surface area contributed by atoms with Gasteiger partial charge in [0.05, 0.1) is 5.01 Å². The molecule has 0 saturated heterocycles. The maximum absolute atomic E-state index is 4.30. The number of rotatable bonds is 2. The molecule has 0 radical (unpaired) electrons. The van der Waals surface area contributed by atoms with Crippen LogP contribution in [0.1, 0.15) is 17.8 Å². The lowest BCUT2D eigenvalue weighted by Crippen LogP contribution is -1.82. The Bertz CT molecular complexity index is 404. The first-order valence-corrected chi connectivity index (χ1v) is 5.01. The van der Waals surface area contributed by atoms with Gasteiger partial charge in [-0.3, -0.25) is 5.10 Å². The van der Waals surface area contributed by atoms with Crippen LogP contribution in [0.5, 0.6) is 0 Å². The van der Waals surface area contributed by atoms with Gasteiger partial charge in [-0.1, -0.05) is 6.92 Å². The van der Waals surface area contributed by atoms with Crippen molar-refractivity contribution in [3.63, 3.8) is 0 Å². The van der Waals surface area contributed by atoms with Crippen LogP contribution in [0, 0.1) is 6.92 Å². The summed E-state index contributed by atoms with van der Waals surface area (Å²) in [7, 11) is 0. The van der Waals surface area contributed by atoms with Gasteiger partial charge < -0.3 is 0 Å². The maximum atomic E-state index is 4.30. The Morgan fingerprint density at radius 1 is 1.46 bits per heavy atom. The molecule has 2 aromatic rings. The van der Waals surface area contributed by atoms with E-state index in [1.807, 2.05) is 19.2 Å². The highest BCUT2D eigenvalue weighted by Gasteiger charge is 2.07. The summed E-state index contributed by atoms with van der Waals surface area (Å²) < 4.78 is 0. The number of H-pyrrole nitrogens is 1. The predicted octanol–water partition coefficient (Wildman–Crippen LogP) is 1.80. The van der Waals surface area contributed by atoms with Crippen LogP contribution >= 0.6 is 11.3 Å². The lowest BCUT2D eigenvalue weighted by molar-refractivity contribution is 0.946. The van der Waals surface area contributed by atoms with Crippen molar-refractivity contribution in [3.05, 3.63) is 16.2 Å². The summed E-state index contributed by atoms with van der Waals surface area (Å²) in [5.74, 6) is 1.60. The van der Waals surface area contributed by atoms with Crippen LogP contribution in [0.4, 0.5) is 0 Å². The molecule has 0 unspecified atom stereocenters. The van der Waals surface area contributed by atoms with Gasteiger partial charge in [-0.05, 0) is 6.92 Å². The van der Waals surface area contributed by atoms with Gasteiger partial charge in [0.1, 0.15) is 11.5 Å². The lowest BCUT2D eigenvalue weighted by Gasteiger charge is -1.83. The summed E-state index contributed by atoms with van der Waals surface area (Å²) in [6, 6.07) is 0. The first-order valence-electron chi connectivity index (χ1n) is 4.13. The summed E-state index contributed by atoms with van der Waals surface area (Å²) in [5, 5.41) is 9.96. The molecule has 0 amide bonds. The zero-order valence-electron chi connectivity index (χ0n) is 7.53. The average Bonchev–Trinajstić information content (AvgIpc) is 2.71. The van der Waals surface area contributed by atoms with E-state index in [0.29, 0.717) is 5.82 Å². The fourth-order valence-electron chi connectivity index (χ4n) is 1.03. The fraction of sp³-hybridized carbons (Fsp3) is 0.375. The van der Waals surface area contributed by atoms with E-state index in [9.17, 15) is 0 Å². The summed E-state index contributed by atoms with van der Waals surface area (Å²) >= 11 is 1.61. The van der Waals surface area contributed by atoms with Gasteiger partial charge in [0, 0.05) is 11.8 Å². The number of hydrogen-bond acceptors (Lipinski definition) is 4. The van der Waals surface area contributed by atoms with Crippen molar-refractivity contribution >= 4 is 11.3 Å². The average molecular weight is 194 g/mol. The third-order valence-corrected chi connectivity index (χ3v) is 2.49. The van der Waals surface area contributed by atoms with E-state index >= 15 is 0 Å². The van der Waals surface area contributed by atoms with Crippen LogP contribution in [-0.4, -0.2) is 20.2 Å². The minimum atomic E-state index is 0.696. The van der Waals surface area contributed by atoms with Crippen LogP contribution in [0.25, 0.3) is 11.5 Å². The highest BCUT2D eigenvalue weighted by Crippen LogP contribution is 2.17. The smallest absolute Gasteiger partial charge is 0.200 e. The molecular formula is C8H10N4S. The van der Waals surface area contributed by atoms with E-state index in [0.717, 1.165) is 22.9 Å². The lowest BCUT2D eigenvalue weighted by atomic mass is 10.4. The zero-order valence-corrected chi connectivity index (χ0v) is 8.35. The number of nitrogens with zero attached hydrogens (tertiary/aromatic N) is 3. The van der Waals surface area contributed by atoms with Crippen LogP contribution in [0.15, 0.2) is 5.38 Å². The van der Waals surface area contributed by atoms with E-state index in [1.54, 1.807) is 11.3 Å². The Balaban J connectivity index is 2.35. The van der Waals surface area contributed by atoms with Gasteiger partial charge in [0.15, 0.2) is 0 Å². The van der Waals surface area contributed by atoms with Crippen LogP contribution in [0.2, 0.25) is 0 Å². The number of aryl methyl sites for hydroxylation is 2. The molecule has 0 fully saturated rings. The molecule has 68 valence electrons. The van der Waals surface area contributed by atoms with Crippen molar-refractivity contribution in [1.82, 2.24) is 20.2 Å². The number of aromatic amines is 1. The van der Waals surface area contributed by atoms with Gasteiger partial charge in [0.2, 0.25) is 5.82 Å².